The lowest BCUT2D eigenvalue weighted by atomic mass is 10.00. The molecule has 0 saturated carbocycles. The van der Waals surface area contributed by atoms with Crippen molar-refractivity contribution >= 4 is 5.91 Å². The van der Waals surface area contributed by atoms with E-state index in [9.17, 15) is 4.79 Å². The molecule has 2 aliphatic heterocycles. The Morgan fingerprint density at radius 3 is 2.85 bits per heavy atom. The molecule has 27 heavy (non-hydrogen) atoms. The summed E-state index contributed by atoms with van der Waals surface area (Å²) in [6.07, 6.45) is 3.93. The summed E-state index contributed by atoms with van der Waals surface area (Å²) in [6, 6.07) is 12.7. The molecule has 1 fully saturated rings. The van der Waals surface area contributed by atoms with E-state index < -0.39 is 0 Å². The molecule has 1 saturated heterocycles. The summed E-state index contributed by atoms with van der Waals surface area (Å²) >= 11 is 0. The molecule has 1 atom stereocenters. The van der Waals surface area contributed by atoms with E-state index in [0.29, 0.717) is 18.2 Å². The SMILES string of the molecule is CC1CCCN(C(=O)CCN2CCn3nc(Cc4ccccc4)cc3C2)C1. The molecule has 0 radical (unpaired) electrons. The van der Waals surface area contributed by atoms with Crippen LogP contribution in [0.25, 0.3) is 0 Å². The Morgan fingerprint density at radius 1 is 1.19 bits per heavy atom. The van der Waals surface area contributed by atoms with Crippen molar-refractivity contribution in [1.82, 2.24) is 19.6 Å². The zero-order valence-electron chi connectivity index (χ0n) is 16.3. The molecule has 0 bridgehead atoms. The van der Waals surface area contributed by atoms with Gasteiger partial charge >= 0.3 is 0 Å². The summed E-state index contributed by atoms with van der Waals surface area (Å²) in [5.74, 6) is 0.973. The maximum absolute atomic E-state index is 12.5. The van der Waals surface area contributed by atoms with Gasteiger partial charge in [-0.15, -0.1) is 0 Å². The van der Waals surface area contributed by atoms with Crippen molar-refractivity contribution < 1.29 is 4.79 Å². The molecule has 0 spiro atoms. The van der Waals surface area contributed by atoms with Gasteiger partial charge in [-0.1, -0.05) is 37.3 Å². The van der Waals surface area contributed by atoms with Gasteiger partial charge in [-0.25, -0.2) is 0 Å². The minimum absolute atomic E-state index is 0.324. The molecular formula is C22H30N4O. The van der Waals surface area contributed by atoms with Gasteiger partial charge in [0.2, 0.25) is 5.91 Å². The lowest BCUT2D eigenvalue weighted by molar-refractivity contribution is -0.133. The largest absolute Gasteiger partial charge is 0.342 e. The number of carbonyl (C=O) groups is 1. The van der Waals surface area contributed by atoms with Gasteiger partial charge in [-0.05, 0) is 30.4 Å². The Balaban J connectivity index is 1.30. The van der Waals surface area contributed by atoms with E-state index in [2.05, 4.69) is 51.7 Å². The van der Waals surface area contributed by atoms with E-state index in [1.165, 1.54) is 17.7 Å². The van der Waals surface area contributed by atoms with Crippen molar-refractivity contribution in [3.63, 3.8) is 0 Å². The summed E-state index contributed by atoms with van der Waals surface area (Å²) < 4.78 is 2.14. The maximum atomic E-state index is 12.5. The van der Waals surface area contributed by atoms with Crippen LogP contribution in [0.3, 0.4) is 0 Å². The van der Waals surface area contributed by atoms with Crippen LogP contribution in [0.2, 0.25) is 0 Å². The highest BCUT2D eigenvalue weighted by molar-refractivity contribution is 5.76. The Kier molecular flexibility index (Phi) is 5.58. The van der Waals surface area contributed by atoms with Crippen LogP contribution in [0.1, 0.15) is 43.1 Å². The predicted octanol–water partition coefficient (Wildman–Crippen LogP) is 2.94. The summed E-state index contributed by atoms with van der Waals surface area (Å²) in [7, 11) is 0. The number of aromatic nitrogens is 2. The normalized spacial score (nSPS) is 20.5. The Morgan fingerprint density at radius 2 is 2.04 bits per heavy atom. The molecule has 5 nitrogen and oxygen atoms in total. The van der Waals surface area contributed by atoms with Crippen LogP contribution in [0, 0.1) is 5.92 Å². The summed E-state index contributed by atoms with van der Waals surface area (Å²) in [4.78, 5) is 17.0. The Labute approximate surface area is 162 Å². The molecule has 1 unspecified atom stereocenters. The molecule has 2 aliphatic rings. The fourth-order valence-electron chi connectivity index (χ4n) is 4.29. The van der Waals surface area contributed by atoms with Gasteiger partial charge in [0.05, 0.1) is 17.9 Å². The van der Waals surface area contributed by atoms with Crippen molar-refractivity contribution in [2.75, 3.05) is 26.2 Å². The molecule has 1 aromatic carbocycles. The molecule has 0 N–H and O–H groups in total. The minimum atomic E-state index is 0.324. The van der Waals surface area contributed by atoms with Gasteiger partial charge in [0.1, 0.15) is 0 Å². The third-order valence-corrected chi connectivity index (χ3v) is 5.81. The molecule has 5 heteroatoms. The van der Waals surface area contributed by atoms with E-state index in [1.54, 1.807) is 0 Å². The van der Waals surface area contributed by atoms with Crippen molar-refractivity contribution in [3.8, 4) is 0 Å². The second-order valence-electron chi connectivity index (χ2n) is 8.13. The van der Waals surface area contributed by atoms with Gasteiger partial charge in [0.15, 0.2) is 0 Å². The van der Waals surface area contributed by atoms with E-state index >= 15 is 0 Å². The highest BCUT2D eigenvalue weighted by atomic mass is 16.2. The highest BCUT2D eigenvalue weighted by Gasteiger charge is 2.23. The van der Waals surface area contributed by atoms with Crippen molar-refractivity contribution in [2.45, 2.75) is 45.7 Å². The summed E-state index contributed by atoms with van der Waals surface area (Å²) in [6.45, 7) is 7.77. The van der Waals surface area contributed by atoms with Gasteiger partial charge in [-0.2, -0.15) is 5.10 Å². The van der Waals surface area contributed by atoms with Gasteiger partial charge in [0, 0.05) is 45.6 Å². The molecule has 2 aromatic rings. The summed E-state index contributed by atoms with van der Waals surface area (Å²) in [5, 5.41) is 4.77. The fourth-order valence-corrected chi connectivity index (χ4v) is 4.29. The first-order chi connectivity index (χ1) is 13.2. The van der Waals surface area contributed by atoms with Gasteiger partial charge in [-0.3, -0.25) is 14.4 Å². The van der Waals surface area contributed by atoms with Crippen molar-refractivity contribution in [1.29, 1.82) is 0 Å². The van der Waals surface area contributed by atoms with Crippen LogP contribution < -0.4 is 0 Å². The van der Waals surface area contributed by atoms with Gasteiger partial charge in [0.25, 0.3) is 0 Å². The molecular weight excluding hydrogens is 336 g/mol. The number of hydrogen-bond donors (Lipinski definition) is 0. The van der Waals surface area contributed by atoms with Crippen LogP contribution in [0.5, 0.6) is 0 Å². The molecule has 144 valence electrons. The predicted molar refractivity (Wildman–Crippen MR) is 106 cm³/mol. The monoisotopic (exact) mass is 366 g/mol. The number of hydrogen-bond acceptors (Lipinski definition) is 3. The first-order valence-electron chi connectivity index (χ1n) is 10.3. The van der Waals surface area contributed by atoms with E-state index in [4.69, 9.17) is 5.10 Å². The number of benzene rings is 1. The quantitative estimate of drug-likeness (QED) is 0.817. The van der Waals surface area contributed by atoms with Crippen LogP contribution in [-0.2, 0) is 24.3 Å². The first kappa shape index (κ1) is 18.2. The van der Waals surface area contributed by atoms with Crippen LogP contribution in [-0.4, -0.2) is 51.7 Å². The van der Waals surface area contributed by atoms with Gasteiger partial charge < -0.3 is 4.90 Å². The highest BCUT2D eigenvalue weighted by Crippen LogP contribution is 2.18. The first-order valence-corrected chi connectivity index (χ1v) is 10.3. The van der Waals surface area contributed by atoms with Crippen molar-refractivity contribution in [2.24, 2.45) is 5.92 Å². The molecule has 0 aliphatic carbocycles. The Bertz CT molecular complexity index is 770. The topological polar surface area (TPSA) is 41.4 Å². The van der Waals surface area contributed by atoms with Crippen LogP contribution >= 0.6 is 0 Å². The van der Waals surface area contributed by atoms with E-state index in [0.717, 1.165) is 57.8 Å². The fraction of sp³-hybridized carbons (Fsp3) is 0.545. The average molecular weight is 367 g/mol. The number of rotatable bonds is 5. The molecule has 1 aromatic heterocycles. The lowest BCUT2D eigenvalue weighted by Gasteiger charge is -2.32. The number of fused-ring (bicyclic) bond motifs is 1. The zero-order valence-corrected chi connectivity index (χ0v) is 16.3. The number of likely N-dealkylation sites (tertiary alicyclic amines) is 1. The second kappa shape index (κ2) is 8.26. The van der Waals surface area contributed by atoms with E-state index in [-0.39, 0.29) is 0 Å². The lowest BCUT2D eigenvalue weighted by Crippen LogP contribution is -2.41. The third-order valence-electron chi connectivity index (χ3n) is 5.81. The molecule has 1 amide bonds. The number of amides is 1. The Hall–Kier alpha value is -2.14. The zero-order chi connectivity index (χ0) is 18.6. The van der Waals surface area contributed by atoms with E-state index in [1.807, 2.05) is 6.07 Å². The standard InChI is InChI=1S/C22H30N4O/c1-18-6-5-10-25(16-18)22(27)9-11-24-12-13-26-21(17-24)15-20(23-26)14-19-7-3-2-4-8-19/h2-4,7-8,15,18H,5-6,9-14,16-17H2,1H3. The van der Waals surface area contributed by atoms with Crippen molar-refractivity contribution in [3.05, 3.63) is 53.3 Å². The maximum Gasteiger partial charge on any atom is 0.223 e. The third kappa shape index (κ3) is 4.59. The summed E-state index contributed by atoms with van der Waals surface area (Å²) in [5.41, 5.74) is 3.70. The number of carbonyl (C=O) groups excluding carboxylic acids is 1. The molecule has 3 heterocycles. The minimum Gasteiger partial charge on any atom is -0.342 e. The van der Waals surface area contributed by atoms with Crippen LogP contribution in [0.4, 0.5) is 0 Å². The second-order valence-corrected chi connectivity index (χ2v) is 8.13. The van der Waals surface area contributed by atoms with Crippen LogP contribution in [0.15, 0.2) is 36.4 Å². The molecule has 4 rings (SSSR count). The smallest absolute Gasteiger partial charge is 0.223 e. The number of nitrogens with zero attached hydrogens (tertiary/aromatic N) is 4. The average Bonchev–Trinajstić information content (AvgIpc) is 3.08. The number of piperidine rings is 1.